The second kappa shape index (κ2) is 12.8. The molecule has 1 unspecified atom stereocenters. The smallest absolute Gasteiger partial charge is 0.356 e. The van der Waals surface area contributed by atoms with E-state index in [1.165, 1.54) is 5.56 Å². The van der Waals surface area contributed by atoms with Crippen molar-refractivity contribution in [2.45, 2.75) is 45.3 Å². The van der Waals surface area contributed by atoms with E-state index in [4.69, 9.17) is 25.5 Å². The summed E-state index contributed by atoms with van der Waals surface area (Å²) in [6.45, 7) is 3.40. The molecular weight excluding hydrogens is 550 g/mol. The Hall–Kier alpha value is -4.20. The summed E-state index contributed by atoms with van der Waals surface area (Å²) in [5.74, 6) is 1.08. The topological polar surface area (TPSA) is 86.5 Å². The van der Waals surface area contributed by atoms with E-state index in [0.29, 0.717) is 35.4 Å². The third-order valence-corrected chi connectivity index (χ3v) is 7.71. The van der Waals surface area contributed by atoms with Crippen LogP contribution in [0.5, 0.6) is 5.75 Å². The van der Waals surface area contributed by atoms with Gasteiger partial charge >= 0.3 is 5.97 Å². The largest absolute Gasteiger partial charge is 0.489 e. The predicted octanol–water partition coefficient (Wildman–Crippen LogP) is 7.51. The summed E-state index contributed by atoms with van der Waals surface area (Å²) in [6, 6.07) is 25.7. The van der Waals surface area contributed by atoms with E-state index in [0.717, 1.165) is 65.9 Å². The summed E-state index contributed by atoms with van der Waals surface area (Å²) in [5, 5.41) is 4.33. The zero-order valence-electron chi connectivity index (χ0n) is 23.4. The number of nitrogens with zero attached hydrogens (tertiary/aromatic N) is 2. The quantitative estimate of drug-likeness (QED) is 0.171. The van der Waals surface area contributed by atoms with Crippen LogP contribution < -0.4 is 10.1 Å². The Labute approximate surface area is 249 Å². The number of carbonyl (C=O) groups is 1. The van der Waals surface area contributed by atoms with E-state index >= 15 is 0 Å². The fourth-order valence-electron chi connectivity index (χ4n) is 5.35. The molecule has 0 spiro atoms. The van der Waals surface area contributed by atoms with Gasteiger partial charge in [-0.25, -0.2) is 14.8 Å². The number of hydrogen-bond donors (Lipinski definition) is 1. The normalized spacial score (nSPS) is 14.5. The average Bonchev–Trinajstić information content (AvgIpc) is 3.44. The van der Waals surface area contributed by atoms with Crippen LogP contribution in [0.3, 0.4) is 0 Å². The van der Waals surface area contributed by atoms with E-state index in [1.54, 1.807) is 25.1 Å². The van der Waals surface area contributed by atoms with Crippen LogP contribution in [0.4, 0.5) is 0 Å². The van der Waals surface area contributed by atoms with Gasteiger partial charge in [0.05, 0.1) is 6.61 Å². The minimum atomic E-state index is -0.364. The van der Waals surface area contributed by atoms with Gasteiger partial charge in [-0.3, -0.25) is 0 Å². The third kappa shape index (κ3) is 6.32. The number of para-hydroxylation sites is 1. The fourth-order valence-corrected chi connectivity index (χ4v) is 5.52. The van der Waals surface area contributed by atoms with Crippen LogP contribution in [0.1, 0.15) is 58.7 Å². The molecule has 8 heteroatoms. The molecule has 2 heterocycles. The highest BCUT2D eigenvalue weighted by molar-refractivity contribution is 6.31. The Morgan fingerprint density at radius 3 is 2.76 bits per heavy atom. The highest BCUT2D eigenvalue weighted by Crippen LogP contribution is 2.30. The molecule has 0 aliphatic heterocycles. The Bertz CT molecular complexity index is 1700. The van der Waals surface area contributed by atoms with Crippen LogP contribution in [0.25, 0.3) is 22.6 Å². The first-order valence-corrected chi connectivity index (χ1v) is 14.7. The first-order chi connectivity index (χ1) is 20.6. The molecule has 1 aliphatic carbocycles. The lowest BCUT2D eigenvalue weighted by atomic mass is 9.91. The minimum Gasteiger partial charge on any atom is -0.489 e. The maximum Gasteiger partial charge on any atom is 0.356 e. The third-order valence-electron chi connectivity index (χ3n) is 7.48. The van der Waals surface area contributed by atoms with Gasteiger partial charge in [-0.2, -0.15) is 0 Å². The first kappa shape index (κ1) is 27.9. The van der Waals surface area contributed by atoms with Gasteiger partial charge in [-0.1, -0.05) is 48.0 Å². The number of benzene rings is 3. The SMILES string of the molecule is CCOC(=O)c1ccc2c(n1)CCCC2NCCc1ccccc1OCc1ccc(-c2nc3cc(Cl)ccc3o2)cc1. The number of ether oxygens (including phenoxy) is 2. The molecule has 0 saturated carbocycles. The highest BCUT2D eigenvalue weighted by atomic mass is 35.5. The molecule has 0 fully saturated rings. The molecular formula is C34H32ClN3O4. The number of nitrogens with one attached hydrogen (secondary N) is 1. The van der Waals surface area contributed by atoms with Crippen LogP contribution in [0.2, 0.25) is 5.02 Å². The lowest BCUT2D eigenvalue weighted by Crippen LogP contribution is -2.28. The number of aromatic nitrogens is 2. The molecule has 5 aromatic rings. The van der Waals surface area contributed by atoms with Crippen molar-refractivity contribution < 1.29 is 18.7 Å². The molecule has 0 amide bonds. The van der Waals surface area contributed by atoms with Gasteiger partial charge in [0.1, 0.15) is 23.6 Å². The molecule has 0 saturated heterocycles. The molecule has 0 bridgehead atoms. The zero-order valence-corrected chi connectivity index (χ0v) is 24.2. The molecule has 1 atom stereocenters. The van der Waals surface area contributed by atoms with Gasteiger partial charge in [0, 0.05) is 22.3 Å². The maximum absolute atomic E-state index is 12.1. The van der Waals surface area contributed by atoms with Crippen molar-refractivity contribution in [3.05, 3.63) is 112 Å². The van der Waals surface area contributed by atoms with Crippen molar-refractivity contribution in [2.75, 3.05) is 13.2 Å². The van der Waals surface area contributed by atoms with E-state index in [-0.39, 0.29) is 12.0 Å². The van der Waals surface area contributed by atoms with Crippen LogP contribution in [0, 0.1) is 0 Å². The number of aryl methyl sites for hydroxylation is 1. The summed E-state index contributed by atoms with van der Waals surface area (Å²) >= 11 is 6.08. The summed E-state index contributed by atoms with van der Waals surface area (Å²) in [6.07, 6.45) is 3.78. The molecule has 1 N–H and O–H groups in total. The van der Waals surface area contributed by atoms with E-state index in [9.17, 15) is 4.79 Å². The van der Waals surface area contributed by atoms with Gasteiger partial charge in [-0.15, -0.1) is 0 Å². The Morgan fingerprint density at radius 1 is 1.05 bits per heavy atom. The second-order valence-electron chi connectivity index (χ2n) is 10.3. The van der Waals surface area contributed by atoms with Crippen LogP contribution >= 0.6 is 11.6 Å². The first-order valence-electron chi connectivity index (χ1n) is 14.3. The Morgan fingerprint density at radius 2 is 1.90 bits per heavy atom. The van der Waals surface area contributed by atoms with Crippen molar-refractivity contribution in [3.63, 3.8) is 0 Å². The molecule has 214 valence electrons. The number of oxazole rings is 1. The Balaban J connectivity index is 1.05. The van der Waals surface area contributed by atoms with Crippen LogP contribution in [-0.2, 0) is 24.2 Å². The van der Waals surface area contributed by atoms with Crippen LogP contribution in [0.15, 0.2) is 83.3 Å². The monoisotopic (exact) mass is 581 g/mol. The number of hydrogen-bond acceptors (Lipinski definition) is 7. The van der Waals surface area contributed by atoms with Gasteiger partial charge < -0.3 is 19.2 Å². The molecule has 1 aliphatic rings. The minimum absolute atomic E-state index is 0.210. The molecule has 2 aromatic heterocycles. The summed E-state index contributed by atoms with van der Waals surface area (Å²) in [4.78, 5) is 21.3. The zero-order chi connectivity index (χ0) is 28.9. The van der Waals surface area contributed by atoms with Gasteiger partial charge in [0.25, 0.3) is 0 Å². The van der Waals surface area contributed by atoms with E-state index < -0.39 is 0 Å². The number of carbonyl (C=O) groups excluding carboxylic acids is 1. The van der Waals surface area contributed by atoms with E-state index in [1.807, 2.05) is 54.6 Å². The molecule has 7 nitrogen and oxygen atoms in total. The van der Waals surface area contributed by atoms with Crippen molar-refractivity contribution >= 4 is 28.7 Å². The average molecular weight is 582 g/mol. The maximum atomic E-state index is 12.1. The molecule has 42 heavy (non-hydrogen) atoms. The van der Waals surface area contributed by atoms with Crippen molar-refractivity contribution in [3.8, 4) is 17.2 Å². The van der Waals surface area contributed by atoms with Crippen molar-refractivity contribution in [1.82, 2.24) is 15.3 Å². The molecule has 0 radical (unpaired) electrons. The number of fused-ring (bicyclic) bond motifs is 2. The lowest BCUT2D eigenvalue weighted by molar-refractivity contribution is 0.0519. The Kier molecular flexibility index (Phi) is 8.49. The fraction of sp³-hybridized carbons (Fsp3) is 0.265. The number of pyridine rings is 1. The van der Waals surface area contributed by atoms with Gasteiger partial charge in [0.2, 0.25) is 5.89 Å². The van der Waals surface area contributed by atoms with Crippen molar-refractivity contribution in [2.24, 2.45) is 0 Å². The van der Waals surface area contributed by atoms with Gasteiger partial charge in [0.15, 0.2) is 5.58 Å². The summed E-state index contributed by atoms with van der Waals surface area (Å²) in [5.41, 5.74) is 7.09. The van der Waals surface area contributed by atoms with Crippen molar-refractivity contribution in [1.29, 1.82) is 0 Å². The van der Waals surface area contributed by atoms with E-state index in [2.05, 4.69) is 21.4 Å². The standard InChI is InChI=1S/C34H32ClN3O4/c1-2-40-34(39)29-16-15-26-27(7-5-8-28(26)37-29)36-19-18-23-6-3-4-9-31(23)41-21-22-10-12-24(13-11-22)33-38-30-20-25(35)14-17-32(30)42-33/h3-4,6,9-17,20,27,36H,2,5,7-8,18-19,21H2,1H3. The van der Waals surface area contributed by atoms with Gasteiger partial charge in [-0.05, 0) is 98.3 Å². The lowest BCUT2D eigenvalue weighted by Gasteiger charge is -2.26. The van der Waals surface area contributed by atoms with Crippen LogP contribution in [-0.4, -0.2) is 29.1 Å². The summed E-state index contributed by atoms with van der Waals surface area (Å²) < 4.78 is 17.3. The molecule has 3 aromatic carbocycles. The second-order valence-corrected chi connectivity index (χ2v) is 10.8. The summed E-state index contributed by atoms with van der Waals surface area (Å²) in [7, 11) is 0. The molecule has 6 rings (SSSR count). The number of esters is 1. The highest BCUT2D eigenvalue weighted by Gasteiger charge is 2.22. The predicted molar refractivity (Wildman–Crippen MR) is 163 cm³/mol. The number of rotatable bonds is 10. The number of halogens is 1.